The number of methoxy groups -OCH3 is 1. The van der Waals surface area contributed by atoms with Gasteiger partial charge in [0.2, 0.25) is 0 Å². The van der Waals surface area contributed by atoms with E-state index in [4.69, 9.17) is 9.47 Å². The van der Waals surface area contributed by atoms with E-state index in [0.717, 1.165) is 60.7 Å². The van der Waals surface area contributed by atoms with Crippen LogP contribution in [0.3, 0.4) is 0 Å². The van der Waals surface area contributed by atoms with Crippen LogP contribution < -0.4 is 10.1 Å². The van der Waals surface area contributed by atoms with Crippen molar-refractivity contribution in [2.75, 3.05) is 33.4 Å². The number of carbonyl (C=O) groups excluding carboxylic acids is 1. The molecule has 3 aromatic rings. The molecule has 6 heteroatoms. The molecule has 1 saturated heterocycles. The lowest BCUT2D eigenvalue weighted by atomic mass is 9.93. The lowest BCUT2D eigenvalue weighted by Crippen LogP contribution is -2.34. The molecular weight excluding hydrogens is 414 g/mol. The van der Waals surface area contributed by atoms with Gasteiger partial charge in [0.15, 0.2) is 0 Å². The molecule has 33 heavy (non-hydrogen) atoms. The largest absolute Gasteiger partial charge is 0.497 e. The van der Waals surface area contributed by atoms with E-state index in [1.165, 1.54) is 18.4 Å². The molecular formula is C27H35N3O3. The van der Waals surface area contributed by atoms with Crippen LogP contribution in [0.5, 0.6) is 5.75 Å². The summed E-state index contributed by atoms with van der Waals surface area (Å²) in [6, 6.07) is 16.6. The van der Waals surface area contributed by atoms with Crippen molar-refractivity contribution in [3.05, 3.63) is 65.4 Å². The molecule has 6 nitrogen and oxygen atoms in total. The molecule has 0 aliphatic carbocycles. The second kappa shape index (κ2) is 11.3. The molecule has 0 radical (unpaired) electrons. The molecule has 4 rings (SSSR count). The number of rotatable bonds is 10. The summed E-state index contributed by atoms with van der Waals surface area (Å²) in [6.07, 6.45) is 3.65. The van der Waals surface area contributed by atoms with E-state index in [-0.39, 0.29) is 5.97 Å². The number of fused-ring (bicyclic) bond motifs is 1. The van der Waals surface area contributed by atoms with E-state index < -0.39 is 0 Å². The summed E-state index contributed by atoms with van der Waals surface area (Å²) in [4.78, 5) is 18.3. The quantitative estimate of drug-likeness (QED) is 0.346. The van der Waals surface area contributed by atoms with E-state index >= 15 is 0 Å². The number of hydrogen-bond acceptors (Lipinski definition) is 5. The number of hydrogen-bond donors (Lipinski definition) is 2. The number of aromatic nitrogens is 1. The first kappa shape index (κ1) is 23.3. The lowest BCUT2D eigenvalue weighted by molar-refractivity contribution is 0.0519. The van der Waals surface area contributed by atoms with Gasteiger partial charge in [0.1, 0.15) is 11.4 Å². The Morgan fingerprint density at radius 2 is 1.94 bits per heavy atom. The second-order valence-electron chi connectivity index (χ2n) is 8.78. The minimum absolute atomic E-state index is 0.310. The van der Waals surface area contributed by atoms with Crippen LogP contribution in [0.25, 0.3) is 10.9 Å². The molecule has 176 valence electrons. The van der Waals surface area contributed by atoms with Gasteiger partial charge in [-0.15, -0.1) is 0 Å². The first-order valence-corrected chi connectivity index (χ1v) is 12.0. The molecule has 0 saturated carbocycles. The van der Waals surface area contributed by atoms with Crippen LogP contribution in [0.2, 0.25) is 0 Å². The fourth-order valence-corrected chi connectivity index (χ4v) is 4.72. The van der Waals surface area contributed by atoms with Crippen molar-refractivity contribution in [3.63, 3.8) is 0 Å². The Morgan fingerprint density at radius 3 is 2.67 bits per heavy atom. The van der Waals surface area contributed by atoms with E-state index in [1.54, 1.807) is 7.11 Å². The van der Waals surface area contributed by atoms with Gasteiger partial charge in [-0.1, -0.05) is 30.3 Å². The number of benzene rings is 2. The van der Waals surface area contributed by atoms with Gasteiger partial charge in [-0.25, -0.2) is 4.79 Å². The van der Waals surface area contributed by atoms with Gasteiger partial charge in [-0.2, -0.15) is 0 Å². The average Bonchev–Trinajstić information content (AvgIpc) is 3.21. The number of H-pyrrole nitrogens is 1. The number of esters is 1. The van der Waals surface area contributed by atoms with Gasteiger partial charge >= 0.3 is 5.97 Å². The number of carbonyl (C=O) groups is 1. The Bertz CT molecular complexity index is 1040. The molecule has 1 aromatic heterocycles. The van der Waals surface area contributed by atoms with E-state index in [1.807, 2.05) is 25.1 Å². The monoisotopic (exact) mass is 449 g/mol. The van der Waals surface area contributed by atoms with Crippen LogP contribution in [-0.2, 0) is 17.8 Å². The standard InChI is InChI=1S/C27H35N3O3/c1-3-33-27(31)26-24(23-10-9-22(32-2)17-25(23)29-26)18-28-14-11-20-12-15-30(16-13-20)19-21-7-5-4-6-8-21/h4-10,17,20,28-29H,3,11-16,18-19H2,1-2H3. The number of likely N-dealkylation sites (tertiary alicyclic amines) is 1. The minimum atomic E-state index is -0.310. The summed E-state index contributed by atoms with van der Waals surface area (Å²) in [5.41, 5.74) is 3.77. The Morgan fingerprint density at radius 1 is 1.15 bits per heavy atom. The maximum atomic E-state index is 12.5. The number of nitrogens with one attached hydrogen (secondary N) is 2. The van der Waals surface area contributed by atoms with Crippen LogP contribution >= 0.6 is 0 Å². The molecule has 0 bridgehead atoms. The first-order valence-electron chi connectivity index (χ1n) is 12.0. The van der Waals surface area contributed by atoms with Crippen molar-refractivity contribution in [1.29, 1.82) is 0 Å². The minimum Gasteiger partial charge on any atom is -0.497 e. The third-order valence-electron chi connectivity index (χ3n) is 6.58. The topological polar surface area (TPSA) is 66.6 Å². The normalized spacial score (nSPS) is 15.1. The summed E-state index contributed by atoms with van der Waals surface area (Å²) in [7, 11) is 1.64. The van der Waals surface area contributed by atoms with Gasteiger partial charge in [-0.3, -0.25) is 4.90 Å². The van der Waals surface area contributed by atoms with Crippen molar-refractivity contribution in [2.45, 2.75) is 39.3 Å². The summed E-state index contributed by atoms with van der Waals surface area (Å²) < 4.78 is 10.6. The number of aromatic amines is 1. The Kier molecular flexibility index (Phi) is 8.02. The van der Waals surface area contributed by atoms with Crippen LogP contribution in [0, 0.1) is 5.92 Å². The smallest absolute Gasteiger partial charge is 0.355 e. The fourth-order valence-electron chi connectivity index (χ4n) is 4.72. The van der Waals surface area contributed by atoms with Gasteiger partial charge in [0.05, 0.1) is 19.2 Å². The summed E-state index contributed by atoms with van der Waals surface area (Å²) in [5.74, 6) is 1.20. The Labute approximate surface area is 196 Å². The van der Waals surface area contributed by atoms with Crippen LogP contribution in [0.4, 0.5) is 0 Å². The fraction of sp³-hybridized carbons (Fsp3) is 0.444. The number of ether oxygens (including phenoxy) is 2. The van der Waals surface area contributed by atoms with Gasteiger partial charge in [0, 0.05) is 30.1 Å². The highest BCUT2D eigenvalue weighted by molar-refractivity contribution is 5.98. The molecule has 1 aliphatic rings. The molecule has 2 N–H and O–H groups in total. The van der Waals surface area contributed by atoms with Crippen molar-refractivity contribution in [2.24, 2.45) is 5.92 Å². The maximum absolute atomic E-state index is 12.5. The number of piperidine rings is 1. The summed E-state index contributed by atoms with van der Waals surface area (Å²) in [6.45, 7) is 7.13. The zero-order valence-electron chi connectivity index (χ0n) is 19.7. The molecule has 2 heterocycles. The van der Waals surface area contributed by atoms with Crippen LogP contribution in [0.1, 0.15) is 47.8 Å². The molecule has 0 atom stereocenters. The summed E-state index contributed by atoms with van der Waals surface area (Å²) in [5, 5.41) is 4.60. The van der Waals surface area contributed by atoms with E-state index in [0.29, 0.717) is 18.8 Å². The average molecular weight is 450 g/mol. The van der Waals surface area contributed by atoms with Gasteiger partial charge in [-0.05, 0) is 69.4 Å². The molecule has 1 aliphatic heterocycles. The Balaban J connectivity index is 1.29. The number of nitrogens with zero attached hydrogens (tertiary/aromatic N) is 1. The SMILES string of the molecule is CCOC(=O)c1[nH]c2cc(OC)ccc2c1CNCCC1CCN(Cc2ccccc2)CC1. The second-order valence-corrected chi connectivity index (χ2v) is 8.78. The predicted octanol–water partition coefficient (Wildman–Crippen LogP) is 4.75. The van der Waals surface area contributed by atoms with E-state index in [9.17, 15) is 4.79 Å². The highest BCUT2D eigenvalue weighted by Crippen LogP contribution is 2.27. The molecule has 0 spiro atoms. The zero-order chi connectivity index (χ0) is 23.0. The van der Waals surface area contributed by atoms with E-state index in [2.05, 4.69) is 45.5 Å². The highest BCUT2D eigenvalue weighted by Gasteiger charge is 2.21. The molecule has 2 aromatic carbocycles. The molecule has 0 unspecified atom stereocenters. The summed E-state index contributed by atoms with van der Waals surface area (Å²) >= 11 is 0. The zero-order valence-corrected chi connectivity index (χ0v) is 19.7. The third kappa shape index (κ3) is 5.95. The highest BCUT2D eigenvalue weighted by atomic mass is 16.5. The molecule has 0 amide bonds. The van der Waals surface area contributed by atoms with Crippen molar-refractivity contribution in [1.82, 2.24) is 15.2 Å². The van der Waals surface area contributed by atoms with Gasteiger partial charge in [0.25, 0.3) is 0 Å². The van der Waals surface area contributed by atoms with Crippen molar-refractivity contribution >= 4 is 16.9 Å². The van der Waals surface area contributed by atoms with Crippen LogP contribution in [-0.4, -0.2) is 49.2 Å². The van der Waals surface area contributed by atoms with Crippen molar-refractivity contribution < 1.29 is 14.3 Å². The van der Waals surface area contributed by atoms with Crippen molar-refractivity contribution in [3.8, 4) is 5.75 Å². The first-order chi connectivity index (χ1) is 16.2. The van der Waals surface area contributed by atoms with Crippen LogP contribution in [0.15, 0.2) is 48.5 Å². The van der Waals surface area contributed by atoms with Gasteiger partial charge < -0.3 is 19.8 Å². The Hall–Kier alpha value is -2.83. The predicted molar refractivity (Wildman–Crippen MR) is 132 cm³/mol. The maximum Gasteiger partial charge on any atom is 0.355 e. The molecule has 1 fully saturated rings. The third-order valence-corrected chi connectivity index (χ3v) is 6.58. The lowest BCUT2D eigenvalue weighted by Gasteiger charge is -2.32.